The van der Waals surface area contributed by atoms with Crippen LogP contribution in [0.1, 0.15) is 0 Å². The topological polar surface area (TPSA) is 89.9 Å². The molecular weight excluding hydrogens is 195 g/mol. The first-order valence-electron chi connectivity index (χ1n) is 2.87. The van der Waals surface area contributed by atoms with Gasteiger partial charge in [-0.15, -0.1) is 0 Å². The summed E-state index contributed by atoms with van der Waals surface area (Å²) >= 11 is 0. The van der Waals surface area contributed by atoms with E-state index in [4.69, 9.17) is 4.55 Å². The SMILES string of the molecule is C=CC(=O)OCCOS(=O)(=O)O.[LiH]. The van der Waals surface area contributed by atoms with Gasteiger partial charge in [-0.05, 0) is 0 Å². The Kier molecular flexibility index (Phi) is 8.30. The quantitative estimate of drug-likeness (QED) is 0.201. The van der Waals surface area contributed by atoms with Gasteiger partial charge < -0.3 is 4.74 Å². The van der Waals surface area contributed by atoms with Gasteiger partial charge in [0.1, 0.15) is 13.2 Å². The van der Waals surface area contributed by atoms with E-state index in [9.17, 15) is 13.2 Å². The van der Waals surface area contributed by atoms with Gasteiger partial charge in [-0.25, -0.2) is 8.98 Å². The van der Waals surface area contributed by atoms with Crippen LogP contribution in [0.3, 0.4) is 0 Å². The van der Waals surface area contributed by atoms with Gasteiger partial charge in [0.15, 0.2) is 0 Å². The molecule has 0 fully saturated rings. The molecule has 0 unspecified atom stereocenters. The van der Waals surface area contributed by atoms with Crippen molar-refractivity contribution in [2.24, 2.45) is 0 Å². The first-order chi connectivity index (χ1) is 5.45. The Morgan fingerprint density at radius 1 is 1.46 bits per heavy atom. The molecule has 0 aliphatic rings. The van der Waals surface area contributed by atoms with Crippen molar-refractivity contribution in [2.45, 2.75) is 0 Å². The zero-order chi connectivity index (χ0) is 9.61. The molecule has 8 heteroatoms. The molecule has 0 bridgehead atoms. The molecule has 0 amide bonds. The monoisotopic (exact) mass is 204 g/mol. The average molecular weight is 204 g/mol. The second kappa shape index (κ2) is 7.12. The van der Waals surface area contributed by atoms with E-state index in [0.29, 0.717) is 0 Å². The molecule has 0 spiro atoms. The van der Waals surface area contributed by atoms with Crippen molar-refractivity contribution in [3.63, 3.8) is 0 Å². The van der Waals surface area contributed by atoms with E-state index in [1.54, 1.807) is 0 Å². The Balaban J connectivity index is 0. The first-order valence-corrected chi connectivity index (χ1v) is 4.23. The number of esters is 1. The first kappa shape index (κ1) is 15.2. The summed E-state index contributed by atoms with van der Waals surface area (Å²) in [4.78, 5) is 10.3. The van der Waals surface area contributed by atoms with E-state index in [2.05, 4.69) is 15.5 Å². The van der Waals surface area contributed by atoms with Crippen LogP contribution in [0.4, 0.5) is 0 Å². The molecule has 0 saturated carbocycles. The van der Waals surface area contributed by atoms with Gasteiger partial charge in [0.05, 0.1) is 0 Å². The molecule has 0 aromatic heterocycles. The van der Waals surface area contributed by atoms with Crippen molar-refractivity contribution in [1.29, 1.82) is 0 Å². The van der Waals surface area contributed by atoms with Crippen molar-refractivity contribution >= 4 is 35.2 Å². The minimum atomic E-state index is -4.45. The van der Waals surface area contributed by atoms with Gasteiger partial charge in [-0.2, -0.15) is 8.42 Å². The summed E-state index contributed by atoms with van der Waals surface area (Å²) in [5.74, 6) is -0.686. The van der Waals surface area contributed by atoms with Crippen molar-refractivity contribution in [2.75, 3.05) is 13.2 Å². The number of rotatable bonds is 5. The van der Waals surface area contributed by atoms with Gasteiger partial charge in [0.25, 0.3) is 0 Å². The van der Waals surface area contributed by atoms with Crippen molar-refractivity contribution in [1.82, 2.24) is 0 Å². The van der Waals surface area contributed by atoms with Gasteiger partial charge >= 0.3 is 35.2 Å². The second-order valence-electron chi connectivity index (χ2n) is 1.62. The summed E-state index contributed by atoms with van der Waals surface area (Å²) in [5, 5.41) is 0. The molecule has 0 heterocycles. The molecular formula is C5H9LiO6S. The Labute approximate surface area is 88.0 Å². The third kappa shape index (κ3) is 11.7. The summed E-state index contributed by atoms with van der Waals surface area (Å²) < 4.78 is 36.0. The average Bonchev–Trinajstić information content (AvgIpc) is 1.96. The Hall–Kier alpha value is -0.323. The maximum atomic E-state index is 10.3. The summed E-state index contributed by atoms with van der Waals surface area (Å²) in [5.41, 5.74) is 0. The van der Waals surface area contributed by atoms with Gasteiger partial charge in [0, 0.05) is 6.08 Å². The van der Waals surface area contributed by atoms with Crippen LogP contribution in [0, 0.1) is 0 Å². The third-order valence-electron chi connectivity index (χ3n) is 0.727. The predicted molar refractivity (Wildman–Crippen MR) is 45.8 cm³/mol. The van der Waals surface area contributed by atoms with Crippen LogP contribution in [-0.2, 0) is 24.1 Å². The van der Waals surface area contributed by atoms with E-state index >= 15 is 0 Å². The normalized spacial score (nSPS) is 9.92. The second-order valence-corrected chi connectivity index (χ2v) is 2.71. The number of hydrogen-bond acceptors (Lipinski definition) is 5. The standard InChI is InChI=1S/C5H8O6S.Li.H/c1-2-5(6)10-3-4-11-12(7,8)9;;/h2H,1,3-4H2,(H,7,8,9);;. The summed E-state index contributed by atoms with van der Waals surface area (Å²) in [6.45, 7) is 2.43. The van der Waals surface area contributed by atoms with Crippen LogP contribution < -0.4 is 0 Å². The minimum absolute atomic E-state index is 0. The molecule has 0 aliphatic carbocycles. The van der Waals surface area contributed by atoms with Crippen LogP contribution >= 0.6 is 0 Å². The van der Waals surface area contributed by atoms with E-state index < -0.39 is 23.0 Å². The Morgan fingerprint density at radius 3 is 2.38 bits per heavy atom. The Morgan fingerprint density at radius 2 is 2.00 bits per heavy atom. The molecule has 0 atom stereocenters. The van der Waals surface area contributed by atoms with E-state index in [1.165, 1.54) is 0 Å². The Bertz CT molecular complexity index is 258. The fraction of sp³-hybridized carbons (Fsp3) is 0.400. The molecule has 1 N–H and O–H groups in total. The van der Waals surface area contributed by atoms with Crippen LogP contribution in [0.25, 0.3) is 0 Å². The summed E-state index contributed by atoms with van der Waals surface area (Å²) in [7, 11) is -4.45. The van der Waals surface area contributed by atoms with Crippen molar-refractivity contribution < 1.29 is 26.7 Å². The molecule has 0 aromatic rings. The zero-order valence-electron chi connectivity index (χ0n) is 6.10. The third-order valence-corrected chi connectivity index (χ3v) is 1.19. The van der Waals surface area contributed by atoms with Crippen LogP contribution in [0.2, 0.25) is 0 Å². The molecule has 72 valence electrons. The van der Waals surface area contributed by atoms with E-state index in [-0.39, 0.29) is 25.5 Å². The number of hydrogen-bond donors (Lipinski definition) is 1. The van der Waals surface area contributed by atoms with E-state index in [1.807, 2.05) is 0 Å². The molecule has 0 rings (SSSR count). The fourth-order valence-electron chi connectivity index (χ4n) is 0.341. The molecule has 0 aliphatic heterocycles. The summed E-state index contributed by atoms with van der Waals surface area (Å²) in [6, 6.07) is 0. The van der Waals surface area contributed by atoms with Crippen molar-refractivity contribution in [3.05, 3.63) is 12.7 Å². The van der Waals surface area contributed by atoms with Crippen LogP contribution in [0.5, 0.6) is 0 Å². The maximum absolute atomic E-state index is 10.3. The predicted octanol–water partition coefficient (Wildman–Crippen LogP) is -1.11. The molecule has 0 aromatic carbocycles. The van der Waals surface area contributed by atoms with Crippen LogP contribution in [-0.4, -0.2) is 51.0 Å². The van der Waals surface area contributed by atoms with Crippen molar-refractivity contribution in [3.8, 4) is 0 Å². The molecule has 0 saturated heterocycles. The number of carbonyl (C=O) groups excluding carboxylic acids is 1. The number of carbonyl (C=O) groups is 1. The van der Waals surface area contributed by atoms with Crippen LogP contribution in [0.15, 0.2) is 12.7 Å². The van der Waals surface area contributed by atoms with Gasteiger partial charge in [-0.3, -0.25) is 4.55 Å². The fourth-order valence-corrected chi connectivity index (χ4v) is 0.619. The van der Waals surface area contributed by atoms with Gasteiger partial charge in [-0.1, -0.05) is 6.58 Å². The van der Waals surface area contributed by atoms with Gasteiger partial charge in [0.2, 0.25) is 0 Å². The zero-order valence-corrected chi connectivity index (χ0v) is 6.91. The molecule has 13 heavy (non-hydrogen) atoms. The van der Waals surface area contributed by atoms with E-state index in [0.717, 1.165) is 6.08 Å². The molecule has 0 radical (unpaired) electrons. The summed E-state index contributed by atoms with van der Waals surface area (Å²) in [6.07, 6.45) is 0.924. The number of ether oxygens (including phenoxy) is 1. The molecule has 6 nitrogen and oxygen atoms in total.